The average molecular weight is 498 g/mol. The number of benzene rings is 2. The van der Waals surface area contributed by atoms with Crippen LogP contribution in [-0.2, 0) is 22.0 Å². The Kier molecular flexibility index (Phi) is 6.63. The summed E-state index contributed by atoms with van der Waals surface area (Å²) in [7, 11) is -3.46. The van der Waals surface area contributed by atoms with Crippen molar-refractivity contribution in [2.75, 3.05) is 31.1 Å². The molecule has 1 atom stereocenters. The number of rotatable bonds is 6. The Hall–Kier alpha value is -2.78. The fraction of sp³-hybridized carbons (Fsp3) is 0.462. The summed E-state index contributed by atoms with van der Waals surface area (Å²) in [4.78, 5) is 2.21. The van der Waals surface area contributed by atoms with E-state index in [9.17, 15) is 8.42 Å². The van der Waals surface area contributed by atoms with Crippen molar-refractivity contribution < 1.29 is 12.8 Å². The number of halogens is 1. The Balaban J connectivity index is 1.22. The van der Waals surface area contributed by atoms with Crippen molar-refractivity contribution in [3.63, 3.8) is 0 Å². The lowest BCUT2D eigenvalue weighted by atomic mass is 9.89. The van der Waals surface area contributed by atoms with E-state index in [1.165, 1.54) is 4.31 Å². The Morgan fingerprint density at radius 1 is 1.03 bits per heavy atom. The van der Waals surface area contributed by atoms with Gasteiger partial charge in [-0.1, -0.05) is 36.4 Å². The maximum atomic E-state index is 15.1. The van der Waals surface area contributed by atoms with Gasteiger partial charge in [-0.15, -0.1) is 10.2 Å². The van der Waals surface area contributed by atoms with Crippen molar-refractivity contribution in [3.8, 4) is 0 Å². The molecule has 0 aliphatic carbocycles. The van der Waals surface area contributed by atoms with Gasteiger partial charge in [-0.3, -0.25) is 0 Å². The van der Waals surface area contributed by atoms with Gasteiger partial charge in [0.1, 0.15) is 23.7 Å². The third-order valence-electron chi connectivity index (χ3n) is 7.68. The number of hydrogen-bond donors (Lipinski definition) is 0. The van der Waals surface area contributed by atoms with Crippen molar-refractivity contribution in [2.45, 2.75) is 49.8 Å². The predicted molar refractivity (Wildman–Crippen MR) is 134 cm³/mol. The van der Waals surface area contributed by atoms with E-state index in [2.05, 4.69) is 26.6 Å². The van der Waals surface area contributed by atoms with Crippen LogP contribution in [0.25, 0.3) is 0 Å². The van der Waals surface area contributed by atoms with E-state index in [1.54, 1.807) is 18.7 Å². The van der Waals surface area contributed by atoms with E-state index >= 15 is 4.39 Å². The molecule has 0 N–H and O–H groups in total. The van der Waals surface area contributed by atoms with Crippen LogP contribution >= 0.6 is 0 Å². The maximum absolute atomic E-state index is 15.1. The summed E-state index contributed by atoms with van der Waals surface area (Å²) in [5.41, 5.74) is 2.22. The molecule has 9 heteroatoms. The minimum Gasteiger partial charge on any atom is -0.371 e. The molecule has 0 spiro atoms. The SMILES string of the molecule is CC1(n2cnnc2)CCN(c2ccc(CCN3CCCC(c4ccccc4)S3(=O)=O)c(F)c2)CC1. The molecule has 35 heavy (non-hydrogen) atoms. The monoisotopic (exact) mass is 497 g/mol. The standard InChI is InChI=1S/C26H32FN5O2S/c1-26(31-19-28-29-20-31)12-16-30(17-13-26)23-10-9-21(24(27)18-23)11-15-32-14-5-8-25(35(32,33)34)22-6-3-2-4-7-22/h2-4,6-7,9-10,18-20,25H,5,8,11-17H2,1H3. The lowest BCUT2D eigenvalue weighted by Crippen LogP contribution is -2.44. The first-order chi connectivity index (χ1) is 16.9. The Morgan fingerprint density at radius 3 is 2.43 bits per heavy atom. The average Bonchev–Trinajstić information content (AvgIpc) is 3.41. The summed E-state index contributed by atoms with van der Waals surface area (Å²) in [6.45, 7) is 4.63. The second-order valence-corrected chi connectivity index (χ2v) is 12.0. The Labute approximate surface area is 206 Å². The first-order valence-corrected chi connectivity index (χ1v) is 13.8. The molecule has 0 saturated carbocycles. The van der Waals surface area contributed by atoms with Crippen molar-refractivity contribution in [2.24, 2.45) is 0 Å². The summed E-state index contributed by atoms with van der Waals surface area (Å²) in [6.07, 6.45) is 7.15. The van der Waals surface area contributed by atoms with Crippen LogP contribution < -0.4 is 4.90 Å². The largest absolute Gasteiger partial charge is 0.371 e. The highest BCUT2D eigenvalue weighted by atomic mass is 32.2. The molecule has 2 aliphatic heterocycles. The van der Waals surface area contributed by atoms with Gasteiger partial charge in [0.2, 0.25) is 10.0 Å². The maximum Gasteiger partial charge on any atom is 0.221 e. The lowest BCUT2D eigenvalue weighted by molar-refractivity contribution is 0.247. The zero-order chi connectivity index (χ0) is 24.5. The zero-order valence-electron chi connectivity index (χ0n) is 20.1. The Bertz CT molecular complexity index is 1240. The smallest absolute Gasteiger partial charge is 0.221 e. The molecular formula is C26H32FN5O2S. The summed E-state index contributed by atoms with van der Waals surface area (Å²) < 4.78 is 45.1. The normalized spacial score (nSPS) is 22.2. The number of anilines is 1. The molecule has 2 aliphatic rings. The third-order valence-corrected chi connectivity index (χ3v) is 9.99. The molecule has 0 radical (unpaired) electrons. The van der Waals surface area contributed by atoms with Gasteiger partial charge in [0, 0.05) is 37.4 Å². The summed E-state index contributed by atoms with van der Waals surface area (Å²) in [6, 6.07) is 14.7. The van der Waals surface area contributed by atoms with Gasteiger partial charge < -0.3 is 9.47 Å². The zero-order valence-corrected chi connectivity index (χ0v) is 20.9. The second-order valence-electron chi connectivity index (χ2n) is 9.86. The molecule has 186 valence electrons. The fourth-order valence-corrected chi connectivity index (χ4v) is 7.37. The predicted octanol–water partition coefficient (Wildman–Crippen LogP) is 4.14. The second kappa shape index (κ2) is 9.70. The first-order valence-electron chi connectivity index (χ1n) is 12.3. The molecule has 3 heterocycles. The van der Waals surface area contributed by atoms with Gasteiger partial charge in [-0.2, -0.15) is 0 Å². The fourth-order valence-electron chi connectivity index (χ4n) is 5.32. The highest BCUT2D eigenvalue weighted by molar-refractivity contribution is 7.89. The van der Waals surface area contributed by atoms with Crippen LogP contribution in [-0.4, -0.2) is 53.7 Å². The molecule has 5 rings (SSSR count). The van der Waals surface area contributed by atoms with Gasteiger partial charge in [0.15, 0.2) is 0 Å². The van der Waals surface area contributed by atoms with Crippen molar-refractivity contribution in [1.82, 2.24) is 19.1 Å². The molecule has 2 fully saturated rings. The number of aromatic nitrogens is 3. The number of piperidine rings is 1. The van der Waals surface area contributed by atoms with Gasteiger partial charge in [0.25, 0.3) is 0 Å². The van der Waals surface area contributed by atoms with E-state index in [-0.39, 0.29) is 11.4 Å². The molecule has 7 nitrogen and oxygen atoms in total. The van der Waals surface area contributed by atoms with E-state index in [1.807, 2.05) is 42.5 Å². The molecule has 3 aromatic rings. The van der Waals surface area contributed by atoms with Gasteiger partial charge in [-0.25, -0.2) is 17.1 Å². The topological polar surface area (TPSA) is 71.3 Å². The van der Waals surface area contributed by atoms with E-state index in [0.717, 1.165) is 43.6 Å². The third kappa shape index (κ3) is 4.84. The summed E-state index contributed by atoms with van der Waals surface area (Å²) in [5, 5.41) is 7.34. The van der Waals surface area contributed by atoms with Gasteiger partial charge >= 0.3 is 0 Å². The van der Waals surface area contributed by atoms with Crippen molar-refractivity contribution >= 4 is 15.7 Å². The molecular weight excluding hydrogens is 465 g/mol. The molecule has 1 aromatic heterocycles. The first kappa shape index (κ1) is 23.9. The molecule has 2 aromatic carbocycles. The van der Waals surface area contributed by atoms with E-state index in [4.69, 9.17) is 0 Å². The van der Waals surface area contributed by atoms with Crippen molar-refractivity contribution in [3.05, 3.63) is 78.1 Å². The summed E-state index contributed by atoms with van der Waals surface area (Å²) >= 11 is 0. The van der Waals surface area contributed by atoms with Crippen LogP contribution in [0.15, 0.2) is 61.2 Å². The highest BCUT2D eigenvalue weighted by Gasteiger charge is 2.36. The van der Waals surface area contributed by atoms with Crippen LogP contribution in [0, 0.1) is 5.82 Å². The minimum atomic E-state index is -3.46. The van der Waals surface area contributed by atoms with Gasteiger partial charge in [-0.05, 0) is 62.3 Å². The summed E-state index contributed by atoms with van der Waals surface area (Å²) in [5.74, 6) is -0.274. The molecule has 0 bridgehead atoms. The number of sulfonamides is 1. The van der Waals surface area contributed by atoms with Crippen molar-refractivity contribution in [1.29, 1.82) is 0 Å². The molecule has 1 unspecified atom stereocenters. The molecule has 2 saturated heterocycles. The van der Waals surface area contributed by atoms with E-state index < -0.39 is 15.3 Å². The van der Waals surface area contributed by atoms with Gasteiger partial charge in [0.05, 0.1) is 0 Å². The minimum absolute atomic E-state index is 0.0317. The van der Waals surface area contributed by atoms with Crippen LogP contribution in [0.4, 0.5) is 10.1 Å². The van der Waals surface area contributed by atoms with Crippen LogP contribution in [0.3, 0.4) is 0 Å². The number of hydrogen-bond acceptors (Lipinski definition) is 5. The van der Waals surface area contributed by atoms with Crippen LogP contribution in [0.2, 0.25) is 0 Å². The van der Waals surface area contributed by atoms with E-state index in [0.29, 0.717) is 31.5 Å². The Morgan fingerprint density at radius 2 is 1.74 bits per heavy atom. The quantitative estimate of drug-likeness (QED) is 0.512. The molecule has 0 amide bonds. The van der Waals surface area contributed by atoms with Crippen LogP contribution in [0.1, 0.15) is 49.0 Å². The lowest BCUT2D eigenvalue weighted by Gasteiger charge is -2.41. The van der Waals surface area contributed by atoms with Crippen LogP contribution in [0.5, 0.6) is 0 Å². The number of nitrogens with zero attached hydrogens (tertiary/aromatic N) is 5. The highest BCUT2D eigenvalue weighted by Crippen LogP contribution is 2.35.